The molecule has 8 nitrogen and oxygen atoms in total. The Labute approximate surface area is 210 Å². The van der Waals surface area contributed by atoms with Crippen molar-refractivity contribution in [1.82, 2.24) is 13.9 Å². The van der Waals surface area contributed by atoms with Crippen LogP contribution in [0.4, 0.5) is 4.39 Å². The number of halogens is 2. The zero-order chi connectivity index (χ0) is 25.3. The van der Waals surface area contributed by atoms with Crippen LogP contribution >= 0.6 is 11.6 Å². The molecule has 4 atom stereocenters. The number of carbonyl (C=O) groups is 2. The van der Waals surface area contributed by atoms with Crippen LogP contribution in [0.2, 0.25) is 5.02 Å². The Hall–Kier alpha value is -2.06. The molecule has 2 saturated heterocycles. The minimum absolute atomic E-state index is 0.0104. The zero-order valence-corrected chi connectivity index (χ0v) is 21.2. The molecule has 1 amide bonds. The number of rotatable bonds is 7. The van der Waals surface area contributed by atoms with Gasteiger partial charge in [0.1, 0.15) is 11.6 Å². The van der Waals surface area contributed by atoms with E-state index in [0.717, 1.165) is 6.42 Å². The quantitative estimate of drug-likeness (QED) is 0.589. The average molecular weight is 525 g/mol. The largest absolute Gasteiger partial charge is 0.349 e. The Bertz CT molecular complexity index is 1130. The highest BCUT2D eigenvalue weighted by Crippen LogP contribution is 2.37. The van der Waals surface area contributed by atoms with Crippen molar-refractivity contribution in [2.75, 3.05) is 26.2 Å². The second-order valence-electron chi connectivity index (χ2n) is 9.80. The lowest BCUT2D eigenvalue weighted by Gasteiger charge is -2.40. The standard InChI is InChI=1S/C24H30ClFN4O4S/c1-15(17-7-8-21(25)22(26)10-17)28-24(32)20-6-2-5-19(20)23(31)18-4-3-9-29(14-18)35(33,34)30-12-16(11-27)13-30/h7-8,10,15-16,18-20H,2-6,9,12-14H2,1H3,(H,28,32)/t15-,18-,19?,20-/m0/s1. The van der Waals surface area contributed by atoms with E-state index < -0.39 is 39.8 Å². The summed E-state index contributed by atoms with van der Waals surface area (Å²) < 4.78 is 42.3. The van der Waals surface area contributed by atoms with Gasteiger partial charge in [-0.15, -0.1) is 0 Å². The molecule has 2 heterocycles. The Morgan fingerprint density at radius 3 is 2.54 bits per heavy atom. The van der Waals surface area contributed by atoms with E-state index in [9.17, 15) is 22.4 Å². The van der Waals surface area contributed by atoms with E-state index in [0.29, 0.717) is 37.8 Å². The van der Waals surface area contributed by atoms with Crippen LogP contribution in [-0.2, 0) is 19.8 Å². The third kappa shape index (κ3) is 5.38. The summed E-state index contributed by atoms with van der Waals surface area (Å²) in [5, 5.41) is 11.9. The van der Waals surface area contributed by atoms with Crippen LogP contribution in [-0.4, -0.2) is 54.9 Å². The number of amides is 1. The van der Waals surface area contributed by atoms with Crippen LogP contribution in [0.5, 0.6) is 0 Å². The summed E-state index contributed by atoms with van der Waals surface area (Å²) in [4.78, 5) is 26.5. The topological polar surface area (TPSA) is 111 Å². The van der Waals surface area contributed by atoms with E-state index in [1.165, 1.54) is 20.7 Å². The molecular formula is C24H30ClFN4O4S. The molecule has 0 bridgehead atoms. The van der Waals surface area contributed by atoms with Crippen LogP contribution in [0.15, 0.2) is 18.2 Å². The Kier molecular flexibility index (Phi) is 7.81. The fraction of sp³-hybridized carbons (Fsp3) is 0.625. The van der Waals surface area contributed by atoms with Gasteiger partial charge in [-0.3, -0.25) is 9.59 Å². The molecule has 0 spiro atoms. The van der Waals surface area contributed by atoms with Crippen LogP contribution in [0.25, 0.3) is 0 Å². The molecule has 4 rings (SSSR count). The van der Waals surface area contributed by atoms with Gasteiger partial charge >= 0.3 is 0 Å². The molecule has 1 saturated carbocycles. The van der Waals surface area contributed by atoms with Gasteiger partial charge in [0.2, 0.25) is 5.91 Å². The highest BCUT2D eigenvalue weighted by atomic mass is 35.5. The molecule has 1 N–H and O–H groups in total. The Morgan fingerprint density at radius 2 is 1.86 bits per heavy atom. The number of benzene rings is 1. The van der Waals surface area contributed by atoms with Gasteiger partial charge in [0.25, 0.3) is 10.2 Å². The first-order valence-electron chi connectivity index (χ1n) is 12.1. The lowest BCUT2D eigenvalue weighted by molar-refractivity contribution is -0.135. The Balaban J connectivity index is 1.39. The third-order valence-electron chi connectivity index (χ3n) is 7.49. The van der Waals surface area contributed by atoms with Gasteiger partial charge < -0.3 is 5.32 Å². The van der Waals surface area contributed by atoms with Crippen molar-refractivity contribution in [2.45, 2.75) is 45.1 Å². The maximum atomic E-state index is 13.8. The predicted octanol–water partition coefficient (Wildman–Crippen LogP) is 3.05. The summed E-state index contributed by atoms with van der Waals surface area (Å²) in [6, 6.07) is 6.01. The van der Waals surface area contributed by atoms with Crippen molar-refractivity contribution in [3.8, 4) is 6.07 Å². The van der Waals surface area contributed by atoms with Crippen molar-refractivity contribution in [1.29, 1.82) is 5.26 Å². The number of hydrogen-bond acceptors (Lipinski definition) is 5. The number of nitriles is 1. The highest BCUT2D eigenvalue weighted by Gasteiger charge is 2.45. The fourth-order valence-corrected chi connectivity index (χ4v) is 7.27. The summed E-state index contributed by atoms with van der Waals surface area (Å²) >= 11 is 5.75. The number of nitrogens with zero attached hydrogens (tertiary/aromatic N) is 3. The van der Waals surface area contributed by atoms with Crippen molar-refractivity contribution < 1.29 is 22.4 Å². The number of ketones is 1. The number of carbonyl (C=O) groups excluding carboxylic acids is 2. The first kappa shape index (κ1) is 26.0. The minimum atomic E-state index is -3.70. The number of nitrogens with one attached hydrogen (secondary N) is 1. The molecular weight excluding hydrogens is 495 g/mol. The van der Waals surface area contributed by atoms with E-state index >= 15 is 0 Å². The molecule has 11 heteroatoms. The lowest BCUT2D eigenvalue weighted by Crippen LogP contribution is -2.57. The second-order valence-corrected chi connectivity index (χ2v) is 12.1. The van der Waals surface area contributed by atoms with E-state index in [-0.39, 0.29) is 42.3 Å². The first-order chi connectivity index (χ1) is 16.6. The molecule has 2 aliphatic heterocycles. The summed E-state index contributed by atoms with van der Waals surface area (Å²) in [6.45, 7) is 2.59. The van der Waals surface area contributed by atoms with E-state index in [1.54, 1.807) is 13.0 Å². The molecule has 3 aliphatic rings. The van der Waals surface area contributed by atoms with E-state index in [2.05, 4.69) is 11.4 Å². The van der Waals surface area contributed by atoms with Gasteiger partial charge in [0, 0.05) is 43.9 Å². The smallest absolute Gasteiger partial charge is 0.282 e. The van der Waals surface area contributed by atoms with Crippen molar-refractivity contribution in [2.24, 2.45) is 23.7 Å². The number of piperidine rings is 1. The zero-order valence-electron chi connectivity index (χ0n) is 19.6. The van der Waals surface area contributed by atoms with Crippen molar-refractivity contribution in [3.05, 3.63) is 34.6 Å². The molecule has 1 unspecified atom stereocenters. The first-order valence-corrected chi connectivity index (χ1v) is 13.8. The molecule has 3 fully saturated rings. The average Bonchev–Trinajstić information content (AvgIpc) is 3.29. The Morgan fingerprint density at radius 1 is 1.14 bits per heavy atom. The van der Waals surface area contributed by atoms with Gasteiger partial charge in [0.15, 0.2) is 0 Å². The van der Waals surface area contributed by atoms with Crippen LogP contribution in [0.1, 0.15) is 50.6 Å². The maximum Gasteiger partial charge on any atom is 0.282 e. The maximum absolute atomic E-state index is 13.8. The van der Waals surface area contributed by atoms with E-state index in [1.807, 2.05) is 0 Å². The van der Waals surface area contributed by atoms with Crippen LogP contribution in [0, 0.1) is 40.8 Å². The normalized spacial score (nSPS) is 27.1. The van der Waals surface area contributed by atoms with Crippen LogP contribution < -0.4 is 5.32 Å². The number of Topliss-reactive ketones (excluding diaryl/α,β-unsaturated/α-hetero) is 1. The van der Waals surface area contributed by atoms with Gasteiger partial charge in [-0.05, 0) is 50.3 Å². The summed E-state index contributed by atoms with van der Waals surface area (Å²) in [5.74, 6) is -2.52. The molecule has 1 aliphatic carbocycles. The van der Waals surface area contributed by atoms with Gasteiger partial charge in [-0.1, -0.05) is 24.1 Å². The van der Waals surface area contributed by atoms with Crippen LogP contribution in [0.3, 0.4) is 0 Å². The molecule has 1 aromatic rings. The van der Waals surface area contributed by atoms with E-state index in [4.69, 9.17) is 16.9 Å². The summed E-state index contributed by atoms with van der Waals surface area (Å²) in [6.07, 6.45) is 3.10. The predicted molar refractivity (Wildman–Crippen MR) is 128 cm³/mol. The van der Waals surface area contributed by atoms with Gasteiger partial charge in [-0.25, -0.2) is 4.39 Å². The fourth-order valence-electron chi connectivity index (χ4n) is 5.36. The number of hydrogen-bond donors (Lipinski definition) is 1. The minimum Gasteiger partial charge on any atom is -0.349 e. The lowest BCUT2D eigenvalue weighted by atomic mass is 9.82. The molecule has 0 aromatic heterocycles. The molecule has 190 valence electrons. The summed E-state index contributed by atoms with van der Waals surface area (Å²) in [7, 11) is -3.70. The van der Waals surface area contributed by atoms with Crippen molar-refractivity contribution >= 4 is 33.5 Å². The molecule has 1 aromatic carbocycles. The second kappa shape index (κ2) is 10.5. The van der Waals surface area contributed by atoms with Gasteiger partial charge in [0.05, 0.1) is 23.1 Å². The monoisotopic (exact) mass is 524 g/mol. The summed E-state index contributed by atoms with van der Waals surface area (Å²) in [5.41, 5.74) is 0.582. The highest BCUT2D eigenvalue weighted by molar-refractivity contribution is 7.86. The third-order valence-corrected chi connectivity index (χ3v) is 9.73. The molecule has 0 radical (unpaired) electrons. The van der Waals surface area contributed by atoms with Gasteiger partial charge in [-0.2, -0.15) is 22.3 Å². The molecule has 35 heavy (non-hydrogen) atoms. The van der Waals surface area contributed by atoms with Crippen molar-refractivity contribution in [3.63, 3.8) is 0 Å². The SMILES string of the molecule is C[C@H](NC(=O)[C@H]1CCCC1C(=O)[C@H]1CCCN(S(=O)(=O)N2CC(C#N)C2)C1)c1ccc(Cl)c(F)c1.